The maximum Gasteiger partial charge on any atom is 0.174 e. The summed E-state index contributed by atoms with van der Waals surface area (Å²) >= 11 is 1.60. The first-order valence-corrected chi connectivity index (χ1v) is 8.09. The van der Waals surface area contributed by atoms with Gasteiger partial charge in [0, 0.05) is 23.5 Å². The molecule has 2 aromatic rings. The molecule has 108 valence electrons. The summed E-state index contributed by atoms with van der Waals surface area (Å²) in [7, 11) is 0. The van der Waals surface area contributed by atoms with Gasteiger partial charge in [0.05, 0.1) is 17.8 Å². The predicted molar refractivity (Wildman–Crippen MR) is 83.4 cm³/mol. The van der Waals surface area contributed by atoms with Gasteiger partial charge >= 0.3 is 0 Å². The van der Waals surface area contributed by atoms with Gasteiger partial charge in [-0.15, -0.1) is 11.8 Å². The second kappa shape index (κ2) is 6.84. The van der Waals surface area contributed by atoms with Crippen LogP contribution in [0.15, 0.2) is 28.9 Å². The largest absolute Gasteiger partial charge is 0.468 e. The lowest BCUT2D eigenvalue weighted by Crippen LogP contribution is -2.06. The molecule has 0 fully saturated rings. The van der Waals surface area contributed by atoms with Crippen LogP contribution in [0.25, 0.3) is 0 Å². The molecule has 0 N–H and O–H groups in total. The number of carbonyl (C=O) groups excluding carboxylic acids is 1. The normalized spacial score (nSPS) is 10.9. The first-order valence-electron chi connectivity index (χ1n) is 6.93. The maximum absolute atomic E-state index is 12.3. The zero-order chi connectivity index (χ0) is 14.5. The highest BCUT2D eigenvalue weighted by Gasteiger charge is 2.15. The molecule has 0 aliphatic carbocycles. The SMILES string of the molecule is CCCn1c(C)cc(C(=O)CSCc2ccco2)c1C. The molecule has 0 aromatic carbocycles. The zero-order valence-corrected chi connectivity index (χ0v) is 13.1. The van der Waals surface area contributed by atoms with Gasteiger partial charge in [-0.3, -0.25) is 4.79 Å². The molecule has 0 atom stereocenters. The number of nitrogens with zero attached hydrogens (tertiary/aromatic N) is 1. The van der Waals surface area contributed by atoms with Crippen molar-refractivity contribution in [2.75, 3.05) is 5.75 Å². The van der Waals surface area contributed by atoms with Gasteiger partial charge in [0.2, 0.25) is 0 Å². The van der Waals surface area contributed by atoms with Crippen molar-refractivity contribution in [3.63, 3.8) is 0 Å². The van der Waals surface area contributed by atoms with Gasteiger partial charge in [-0.25, -0.2) is 0 Å². The van der Waals surface area contributed by atoms with Crippen LogP contribution >= 0.6 is 11.8 Å². The summed E-state index contributed by atoms with van der Waals surface area (Å²) in [5.41, 5.74) is 3.12. The fraction of sp³-hybridized carbons (Fsp3) is 0.438. The number of aromatic nitrogens is 1. The molecule has 4 heteroatoms. The molecule has 3 nitrogen and oxygen atoms in total. The van der Waals surface area contributed by atoms with E-state index in [0.29, 0.717) is 5.75 Å². The Labute approximate surface area is 124 Å². The second-order valence-corrected chi connectivity index (χ2v) is 5.92. The molecule has 2 heterocycles. The van der Waals surface area contributed by atoms with Crippen molar-refractivity contribution in [1.82, 2.24) is 4.57 Å². The van der Waals surface area contributed by atoms with Gasteiger partial charge < -0.3 is 8.98 Å². The van der Waals surface area contributed by atoms with E-state index in [1.165, 1.54) is 5.69 Å². The van der Waals surface area contributed by atoms with Crippen LogP contribution in [0, 0.1) is 13.8 Å². The van der Waals surface area contributed by atoms with Crippen LogP contribution in [0.3, 0.4) is 0 Å². The first kappa shape index (κ1) is 15.0. The Bertz CT molecular complexity index is 570. The minimum absolute atomic E-state index is 0.206. The molecule has 0 bridgehead atoms. The molecule has 20 heavy (non-hydrogen) atoms. The molecule has 0 spiro atoms. The van der Waals surface area contributed by atoms with Gasteiger partial charge in [-0.05, 0) is 38.5 Å². The van der Waals surface area contributed by atoms with Crippen LogP contribution in [0.2, 0.25) is 0 Å². The molecule has 2 rings (SSSR count). The summed E-state index contributed by atoms with van der Waals surface area (Å²) in [6.45, 7) is 7.23. The quantitative estimate of drug-likeness (QED) is 0.716. The lowest BCUT2D eigenvalue weighted by atomic mass is 10.2. The van der Waals surface area contributed by atoms with E-state index < -0.39 is 0 Å². The number of thioether (sulfide) groups is 1. The molecular formula is C16H21NO2S. The Morgan fingerprint density at radius 1 is 1.40 bits per heavy atom. The van der Waals surface area contributed by atoms with Crippen LogP contribution in [0.4, 0.5) is 0 Å². The monoisotopic (exact) mass is 291 g/mol. The van der Waals surface area contributed by atoms with Crippen molar-refractivity contribution in [2.45, 2.75) is 39.5 Å². The summed E-state index contributed by atoms with van der Waals surface area (Å²) < 4.78 is 7.49. The van der Waals surface area contributed by atoms with E-state index in [1.807, 2.05) is 25.1 Å². The first-order chi connectivity index (χ1) is 9.63. The highest BCUT2D eigenvalue weighted by atomic mass is 32.2. The summed E-state index contributed by atoms with van der Waals surface area (Å²) in [6.07, 6.45) is 2.74. The third kappa shape index (κ3) is 3.37. The Balaban J connectivity index is 1.97. The summed E-state index contributed by atoms with van der Waals surface area (Å²) in [4.78, 5) is 12.3. The number of carbonyl (C=O) groups is 1. The minimum atomic E-state index is 0.206. The van der Waals surface area contributed by atoms with Gasteiger partial charge in [-0.1, -0.05) is 6.92 Å². The van der Waals surface area contributed by atoms with E-state index in [-0.39, 0.29) is 5.78 Å². The molecule has 0 aliphatic heterocycles. The molecule has 0 saturated heterocycles. The lowest BCUT2D eigenvalue weighted by Gasteiger charge is -2.07. The van der Waals surface area contributed by atoms with Crippen LogP contribution in [0.1, 0.15) is 40.9 Å². The number of rotatable bonds is 7. The van der Waals surface area contributed by atoms with E-state index in [2.05, 4.69) is 18.4 Å². The van der Waals surface area contributed by atoms with Crippen molar-refractivity contribution < 1.29 is 9.21 Å². The van der Waals surface area contributed by atoms with Crippen molar-refractivity contribution in [3.05, 3.63) is 47.2 Å². The fourth-order valence-electron chi connectivity index (χ4n) is 2.37. The van der Waals surface area contributed by atoms with Gasteiger partial charge in [0.1, 0.15) is 5.76 Å². The molecule has 0 aliphatic rings. The fourth-order valence-corrected chi connectivity index (χ4v) is 3.18. The molecule has 2 aromatic heterocycles. The average molecular weight is 291 g/mol. The van der Waals surface area contributed by atoms with E-state index in [9.17, 15) is 4.79 Å². The number of ketones is 1. The summed E-state index contributed by atoms with van der Waals surface area (Å²) in [5.74, 6) is 2.36. The van der Waals surface area contributed by atoms with Gasteiger partial charge in [0.15, 0.2) is 5.78 Å². The molecule has 0 saturated carbocycles. The zero-order valence-electron chi connectivity index (χ0n) is 12.3. The highest BCUT2D eigenvalue weighted by molar-refractivity contribution is 7.99. The minimum Gasteiger partial charge on any atom is -0.468 e. The summed E-state index contributed by atoms with van der Waals surface area (Å²) in [5, 5.41) is 0. The Kier molecular flexibility index (Phi) is 5.12. The second-order valence-electron chi connectivity index (χ2n) is 4.93. The van der Waals surface area contributed by atoms with Crippen LogP contribution in [0.5, 0.6) is 0 Å². The Morgan fingerprint density at radius 3 is 2.85 bits per heavy atom. The number of furan rings is 1. The van der Waals surface area contributed by atoms with Crippen LogP contribution in [-0.4, -0.2) is 16.1 Å². The molecule has 0 radical (unpaired) electrons. The Morgan fingerprint density at radius 2 is 2.20 bits per heavy atom. The average Bonchev–Trinajstić information content (AvgIpc) is 3.02. The lowest BCUT2D eigenvalue weighted by molar-refractivity contribution is 0.102. The van der Waals surface area contributed by atoms with Gasteiger partial charge in [0.25, 0.3) is 0 Å². The van der Waals surface area contributed by atoms with Crippen molar-refractivity contribution in [2.24, 2.45) is 0 Å². The van der Waals surface area contributed by atoms with Crippen molar-refractivity contribution in [1.29, 1.82) is 0 Å². The Hall–Kier alpha value is -1.42. The third-order valence-electron chi connectivity index (χ3n) is 3.38. The number of hydrogen-bond donors (Lipinski definition) is 0. The molecular weight excluding hydrogens is 270 g/mol. The third-order valence-corrected chi connectivity index (χ3v) is 4.33. The molecule has 0 amide bonds. The summed E-state index contributed by atoms with van der Waals surface area (Å²) in [6, 6.07) is 5.82. The van der Waals surface area contributed by atoms with Crippen LogP contribution < -0.4 is 0 Å². The van der Waals surface area contributed by atoms with Crippen molar-refractivity contribution in [3.8, 4) is 0 Å². The van der Waals surface area contributed by atoms with Gasteiger partial charge in [-0.2, -0.15) is 0 Å². The van der Waals surface area contributed by atoms with Crippen LogP contribution in [-0.2, 0) is 12.3 Å². The smallest absolute Gasteiger partial charge is 0.174 e. The van der Waals surface area contributed by atoms with E-state index in [1.54, 1.807) is 18.0 Å². The maximum atomic E-state index is 12.3. The van der Waals surface area contributed by atoms with E-state index in [0.717, 1.165) is 35.7 Å². The van der Waals surface area contributed by atoms with E-state index in [4.69, 9.17) is 4.42 Å². The number of hydrogen-bond acceptors (Lipinski definition) is 3. The van der Waals surface area contributed by atoms with E-state index >= 15 is 0 Å². The predicted octanol–water partition coefficient (Wildman–Crippen LogP) is 4.22. The highest BCUT2D eigenvalue weighted by Crippen LogP contribution is 2.19. The molecule has 0 unspecified atom stereocenters. The van der Waals surface area contributed by atoms with Crippen molar-refractivity contribution >= 4 is 17.5 Å². The number of aryl methyl sites for hydroxylation is 1. The standard InChI is InChI=1S/C16H21NO2S/c1-4-7-17-12(2)9-15(13(17)3)16(18)11-20-10-14-6-5-8-19-14/h5-6,8-9H,4,7,10-11H2,1-3H3. The number of Topliss-reactive ketones (excluding diaryl/α,β-unsaturated/α-hetero) is 1. The topological polar surface area (TPSA) is 35.1 Å².